The van der Waals surface area contributed by atoms with E-state index in [0.717, 1.165) is 17.9 Å². The standard InChI is InChI=1S/C14H16N2O4S/c17-13(18)12-7-16(10-3-1-2-4-11(10)20-12)14(19)15-9-5-6-21-8-9/h1-4,9,12H,5-8H2,(H,15,19)(H,17,18). The van der Waals surface area contributed by atoms with Crippen LogP contribution in [0.4, 0.5) is 10.5 Å². The molecule has 112 valence electrons. The molecule has 0 spiro atoms. The van der Waals surface area contributed by atoms with Crippen molar-refractivity contribution in [3.05, 3.63) is 24.3 Å². The topological polar surface area (TPSA) is 78.9 Å². The Morgan fingerprint density at radius 2 is 2.19 bits per heavy atom. The van der Waals surface area contributed by atoms with Crippen molar-refractivity contribution < 1.29 is 19.4 Å². The maximum atomic E-state index is 12.4. The lowest BCUT2D eigenvalue weighted by molar-refractivity contribution is -0.144. The molecule has 0 bridgehead atoms. The predicted octanol–water partition coefficient (Wildman–Crippen LogP) is 1.55. The Hall–Kier alpha value is -1.89. The number of hydrogen-bond acceptors (Lipinski definition) is 4. The first-order chi connectivity index (χ1) is 10.1. The normalized spacial score (nSPS) is 24.1. The molecule has 2 atom stereocenters. The van der Waals surface area contributed by atoms with E-state index in [2.05, 4.69) is 5.32 Å². The molecule has 2 aliphatic heterocycles. The van der Waals surface area contributed by atoms with Crippen LogP contribution < -0.4 is 15.0 Å². The molecular weight excluding hydrogens is 292 g/mol. The van der Waals surface area contributed by atoms with Crippen molar-refractivity contribution in [2.24, 2.45) is 0 Å². The summed E-state index contributed by atoms with van der Waals surface area (Å²) in [5, 5.41) is 12.1. The Morgan fingerprint density at radius 3 is 2.90 bits per heavy atom. The lowest BCUT2D eigenvalue weighted by atomic mass is 10.2. The summed E-state index contributed by atoms with van der Waals surface area (Å²) >= 11 is 1.81. The van der Waals surface area contributed by atoms with Crippen molar-refractivity contribution in [2.45, 2.75) is 18.6 Å². The number of amides is 2. The van der Waals surface area contributed by atoms with Gasteiger partial charge in [-0.3, -0.25) is 4.90 Å². The number of nitrogens with one attached hydrogen (secondary N) is 1. The Kier molecular flexibility index (Phi) is 3.92. The van der Waals surface area contributed by atoms with Crippen molar-refractivity contribution in [3.63, 3.8) is 0 Å². The lowest BCUT2D eigenvalue weighted by Gasteiger charge is -2.33. The van der Waals surface area contributed by atoms with Crippen LogP contribution in [-0.2, 0) is 4.79 Å². The fourth-order valence-electron chi connectivity index (χ4n) is 2.46. The van der Waals surface area contributed by atoms with E-state index in [1.165, 1.54) is 4.90 Å². The average Bonchev–Trinajstić information content (AvgIpc) is 2.98. The van der Waals surface area contributed by atoms with Crippen molar-refractivity contribution in [3.8, 4) is 5.75 Å². The van der Waals surface area contributed by atoms with E-state index in [1.807, 2.05) is 11.8 Å². The molecule has 3 rings (SSSR count). The number of para-hydroxylation sites is 2. The quantitative estimate of drug-likeness (QED) is 0.866. The minimum atomic E-state index is -1.07. The summed E-state index contributed by atoms with van der Waals surface area (Å²) in [5.74, 6) is 1.30. The van der Waals surface area contributed by atoms with Gasteiger partial charge < -0.3 is 15.2 Å². The summed E-state index contributed by atoms with van der Waals surface area (Å²) in [4.78, 5) is 25.1. The Morgan fingerprint density at radius 1 is 1.38 bits per heavy atom. The number of ether oxygens (including phenoxy) is 1. The van der Waals surface area contributed by atoms with E-state index >= 15 is 0 Å². The number of hydrogen-bond donors (Lipinski definition) is 2. The third kappa shape index (κ3) is 2.92. The molecule has 6 nitrogen and oxygen atoms in total. The Balaban J connectivity index is 1.81. The number of urea groups is 1. The second-order valence-corrected chi connectivity index (χ2v) is 6.18. The van der Waals surface area contributed by atoms with Crippen molar-refractivity contribution in [1.29, 1.82) is 0 Å². The van der Waals surface area contributed by atoms with E-state index in [4.69, 9.17) is 9.84 Å². The largest absolute Gasteiger partial charge is 0.478 e. The van der Waals surface area contributed by atoms with Crippen LogP contribution in [0.2, 0.25) is 0 Å². The van der Waals surface area contributed by atoms with E-state index in [9.17, 15) is 9.59 Å². The number of fused-ring (bicyclic) bond motifs is 1. The maximum absolute atomic E-state index is 12.4. The SMILES string of the molecule is O=C(O)C1CN(C(=O)NC2CCSC2)c2ccccc2O1. The monoisotopic (exact) mass is 308 g/mol. The number of carboxylic acid groups (broad SMARTS) is 1. The number of anilines is 1. The fraction of sp³-hybridized carbons (Fsp3) is 0.429. The average molecular weight is 308 g/mol. The number of aliphatic carboxylic acids is 1. The van der Waals surface area contributed by atoms with E-state index in [0.29, 0.717) is 11.4 Å². The summed E-state index contributed by atoms with van der Waals surface area (Å²) in [6, 6.07) is 6.89. The minimum absolute atomic E-state index is 0.0119. The summed E-state index contributed by atoms with van der Waals surface area (Å²) < 4.78 is 5.42. The van der Waals surface area contributed by atoms with Gasteiger partial charge in [0.25, 0.3) is 0 Å². The van der Waals surface area contributed by atoms with Crippen molar-refractivity contribution in [1.82, 2.24) is 5.32 Å². The molecule has 1 saturated heterocycles. The molecule has 0 radical (unpaired) electrons. The zero-order valence-electron chi connectivity index (χ0n) is 11.3. The lowest BCUT2D eigenvalue weighted by Crippen LogP contribution is -2.52. The first-order valence-corrected chi connectivity index (χ1v) is 7.95. The van der Waals surface area contributed by atoms with Gasteiger partial charge in [0.15, 0.2) is 0 Å². The smallest absolute Gasteiger partial charge is 0.346 e. The third-order valence-electron chi connectivity index (χ3n) is 3.55. The number of carbonyl (C=O) groups is 2. The van der Waals surface area contributed by atoms with E-state index in [-0.39, 0.29) is 18.6 Å². The van der Waals surface area contributed by atoms with E-state index < -0.39 is 12.1 Å². The van der Waals surface area contributed by atoms with Crippen LogP contribution in [0.3, 0.4) is 0 Å². The Labute approximate surface area is 126 Å². The second-order valence-electron chi connectivity index (χ2n) is 5.03. The molecule has 2 heterocycles. The van der Waals surface area contributed by atoms with Crippen molar-refractivity contribution in [2.75, 3.05) is 23.0 Å². The zero-order chi connectivity index (χ0) is 14.8. The first kappa shape index (κ1) is 14.1. The molecule has 2 N–H and O–H groups in total. The molecule has 0 saturated carbocycles. The van der Waals surface area contributed by atoms with Gasteiger partial charge >= 0.3 is 12.0 Å². The van der Waals surface area contributed by atoms with Crippen LogP contribution in [0.15, 0.2) is 24.3 Å². The van der Waals surface area contributed by atoms with Crippen LogP contribution in [0.25, 0.3) is 0 Å². The molecule has 7 heteroatoms. The summed E-state index contributed by atoms with van der Waals surface area (Å²) in [7, 11) is 0. The highest BCUT2D eigenvalue weighted by Gasteiger charge is 2.34. The molecule has 1 fully saturated rings. The summed E-state index contributed by atoms with van der Waals surface area (Å²) in [6.07, 6.45) is -0.0892. The van der Waals surface area contributed by atoms with Gasteiger partial charge in [-0.05, 0) is 24.3 Å². The molecule has 0 aliphatic carbocycles. The number of benzene rings is 1. The molecule has 2 amide bonds. The molecule has 2 unspecified atom stereocenters. The fourth-order valence-corrected chi connectivity index (χ4v) is 3.61. The van der Waals surface area contributed by atoms with Gasteiger partial charge in [0, 0.05) is 11.8 Å². The number of carbonyl (C=O) groups excluding carboxylic acids is 1. The first-order valence-electron chi connectivity index (χ1n) is 6.79. The Bertz CT molecular complexity index is 560. The highest BCUT2D eigenvalue weighted by atomic mass is 32.2. The molecular formula is C14H16N2O4S. The van der Waals surface area contributed by atoms with Gasteiger partial charge in [0.1, 0.15) is 5.75 Å². The van der Waals surface area contributed by atoms with E-state index in [1.54, 1.807) is 24.3 Å². The molecule has 1 aromatic carbocycles. The predicted molar refractivity (Wildman–Crippen MR) is 80.1 cm³/mol. The number of carboxylic acids is 1. The zero-order valence-corrected chi connectivity index (χ0v) is 12.1. The molecule has 21 heavy (non-hydrogen) atoms. The molecule has 0 aromatic heterocycles. The van der Waals surface area contributed by atoms with Gasteiger partial charge in [-0.2, -0.15) is 11.8 Å². The van der Waals surface area contributed by atoms with Crippen LogP contribution >= 0.6 is 11.8 Å². The van der Waals surface area contributed by atoms with Crippen molar-refractivity contribution >= 4 is 29.4 Å². The summed E-state index contributed by atoms with van der Waals surface area (Å²) in [5.41, 5.74) is 0.609. The van der Waals surface area contributed by atoms with Gasteiger partial charge in [-0.25, -0.2) is 9.59 Å². The number of thioether (sulfide) groups is 1. The van der Waals surface area contributed by atoms with Crippen LogP contribution in [-0.4, -0.2) is 47.3 Å². The highest BCUT2D eigenvalue weighted by Crippen LogP contribution is 2.33. The summed E-state index contributed by atoms with van der Waals surface area (Å²) in [6.45, 7) is 0.0119. The van der Waals surface area contributed by atoms with Gasteiger partial charge in [-0.15, -0.1) is 0 Å². The maximum Gasteiger partial charge on any atom is 0.346 e. The van der Waals surface area contributed by atoms with Gasteiger partial charge in [0.05, 0.1) is 12.2 Å². The van der Waals surface area contributed by atoms with Gasteiger partial charge in [0.2, 0.25) is 6.10 Å². The third-order valence-corrected chi connectivity index (χ3v) is 4.71. The molecule has 2 aliphatic rings. The highest BCUT2D eigenvalue weighted by molar-refractivity contribution is 7.99. The number of rotatable bonds is 2. The van der Waals surface area contributed by atoms with Crippen LogP contribution in [0.1, 0.15) is 6.42 Å². The van der Waals surface area contributed by atoms with Crippen LogP contribution in [0.5, 0.6) is 5.75 Å². The second kappa shape index (κ2) is 5.85. The van der Waals surface area contributed by atoms with Gasteiger partial charge in [-0.1, -0.05) is 12.1 Å². The minimum Gasteiger partial charge on any atom is -0.478 e. The number of nitrogens with zero attached hydrogens (tertiary/aromatic N) is 1. The van der Waals surface area contributed by atoms with Crippen LogP contribution in [0, 0.1) is 0 Å². The molecule has 1 aromatic rings.